The van der Waals surface area contributed by atoms with Crippen LogP contribution in [0.3, 0.4) is 0 Å². The number of carbonyl (C=O) groups excluding carboxylic acids is 2. The van der Waals surface area contributed by atoms with E-state index in [9.17, 15) is 9.59 Å². The molecule has 0 spiro atoms. The average Bonchev–Trinajstić information content (AvgIpc) is 2.63. The standard InChI is InChI=1S/C28H55NO5Si2/c1-16-17-23(30)20-29(25(31)34-26(3,4)5)24(21-33-36(14,15)28(9,10)11)22(2)18-19-32-35(12,13)27(6,7)8/h16-17,24H,2,18-21H2,1,3-15H3/b17-16+/t24-/m1/s1. The third-order valence-electron chi connectivity index (χ3n) is 7.25. The number of carbonyl (C=O) groups is 2. The van der Waals surface area contributed by atoms with E-state index >= 15 is 0 Å². The molecule has 0 heterocycles. The molecule has 8 heteroatoms. The summed E-state index contributed by atoms with van der Waals surface area (Å²) >= 11 is 0. The Kier molecular flexibility index (Phi) is 12.6. The number of rotatable bonds is 12. The number of ketones is 1. The molecule has 0 rings (SSSR count). The maximum absolute atomic E-state index is 13.3. The van der Waals surface area contributed by atoms with Gasteiger partial charge in [0.05, 0.1) is 19.2 Å². The topological polar surface area (TPSA) is 65.1 Å². The maximum atomic E-state index is 13.3. The Morgan fingerprint density at radius 3 is 1.78 bits per heavy atom. The highest BCUT2D eigenvalue weighted by molar-refractivity contribution is 6.74. The second-order valence-corrected chi connectivity index (χ2v) is 23.3. The molecule has 210 valence electrons. The zero-order valence-electron chi connectivity index (χ0n) is 25.8. The van der Waals surface area contributed by atoms with E-state index in [0.29, 0.717) is 13.0 Å². The molecule has 0 saturated heterocycles. The number of ether oxygens (including phenoxy) is 1. The fourth-order valence-electron chi connectivity index (χ4n) is 2.78. The van der Waals surface area contributed by atoms with Gasteiger partial charge < -0.3 is 13.6 Å². The van der Waals surface area contributed by atoms with E-state index in [-0.39, 0.29) is 29.0 Å². The molecule has 1 amide bonds. The van der Waals surface area contributed by atoms with Crippen molar-refractivity contribution in [3.05, 3.63) is 24.3 Å². The lowest BCUT2D eigenvalue weighted by molar-refractivity contribution is -0.116. The van der Waals surface area contributed by atoms with E-state index in [0.717, 1.165) is 5.57 Å². The van der Waals surface area contributed by atoms with E-state index in [1.165, 1.54) is 11.0 Å². The zero-order valence-corrected chi connectivity index (χ0v) is 27.8. The first kappa shape index (κ1) is 34.8. The fraction of sp³-hybridized carbons (Fsp3) is 0.786. The first-order chi connectivity index (χ1) is 15.9. The Morgan fingerprint density at radius 1 is 0.889 bits per heavy atom. The van der Waals surface area contributed by atoms with Gasteiger partial charge in [-0.3, -0.25) is 9.69 Å². The second kappa shape index (κ2) is 13.0. The summed E-state index contributed by atoms with van der Waals surface area (Å²) in [5.41, 5.74) is 0.0999. The van der Waals surface area contributed by atoms with Crippen molar-refractivity contribution in [2.24, 2.45) is 0 Å². The Bertz CT molecular complexity index is 783. The van der Waals surface area contributed by atoms with Gasteiger partial charge in [-0.15, -0.1) is 0 Å². The van der Waals surface area contributed by atoms with Gasteiger partial charge in [0, 0.05) is 6.61 Å². The molecule has 0 unspecified atom stereocenters. The first-order valence-electron chi connectivity index (χ1n) is 13.1. The summed E-state index contributed by atoms with van der Waals surface area (Å²) in [4.78, 5) is 27.5. The Balaban J connectivity index is 6.11. The minimum absolute atomic E-state index is 0.00183. The third kappa shape index (κ3) is 11.4. The number of allylic oxidation sites excluding steroid dienone is 1. The van der Waals surface area contributed by atoms with Crippen LogP contribution < -0.4 is 0 Å². The predicted molar refractivity (Wildman–Crippen MR) is 157 cm³/mol. The number of hydrogen-bond acceptors (Lipinski definition) is 5. The highest BCUT2D eigenvalue weighted by Gasteiger charge is 2.40. The van der Waals surface area contributed by atoms with Gasteiger partial charge in [-0.1, -0.05) is 59.8 Å². The first-order valence-corrected chi connectivity index (χ1v) is 18.9. The lowest BCUT2D eigenvalue weighted by Crippen LogP contribution is -2.51. The molecule has 6 nitrogen and oxygen atoms in total. The van der Waals surface area contributed by atoms with Crippen LogP contribution in [0.4, 0.5) is 4.79 Å². The summed E-state index contributed by atoms with van der Waals surface area (Å²) in [5.74, 6) is -0.175. The van der Waals surface area contributed by atoms with E-state index in [2.05, 4.69) is 74.3 Å². The van der Waals surface area contributed by atoms with E-state index < -0.39 is 34.4 Å². The molecule has 0 aromatic rings. The molecule has 0 aromatic carbocycles. The number of nitrogens with zero attached hydrogens (tertiary/aromatic N) is 1. The molecule has 0 fully saturated rings. The summed E-state index contributed by atoms with van der Waals surface area (Å²) in [6.45, 7) is 34.2. The molecule has 0 bridgehead atoms. The lowest BCUT2D eigenvalue weighted by Gasteiger charge is -2.40. The predicted octanol–water partition coefficient (Wildman–Crippen LogP) is 7.73. The van der Waals surface area contributed by atoms with Gasteiger partial charge in [0.25, 0.3) is 0 Å². The van der Waals surface area contributed by atoms with Crippen LogP contribution in [0.2, 0.25) is 36.3 Å². The van der Waals surface area contributed by atoms with Crippen molar-refractivity contribution in [1.82, 2.24) is 4.90 Å². The van der Waals surface area contributed by atoms with Crippen LogP contribution in [-0.4, -0.2) is 64.8 Å². The summed E-state index contributed by atoms with van der Waals surface area (Å²) < 4.78 is 18.7. The van der Waals surface area contributed by atoms with Crippen LogP contribution in [0.5, 0.6) is 0 Å². The van der Waals surface area contributed by atoms with Gasteiger partial charge in [-0.25, -0.2) is 4.79 Å². The second-order valence-electron chi connectivity index (χ2n) is 13.7. The van der Waals surface area contributed by atoms with Crippen LogP contribution in [0, 0.1) is 0 Å². The molecule has 1 atom stereocenters. The molecule has 0 aromatic heterocycles. The van der Waals surface area contributed by atoms with Crippen LogP contribution in [-0.2, 0) is 18.4 Å². The molecule has 0 aliphatic heterocycles. The molecule has 0 radical (unpaired) electrons. The van der Waals surface area contributed by atoms with Crippen molar-refractivity contribution in [3.8, 4) is 0 Å². The SMILES string of the molecule is C=C(CCO[Si](C)(C)C(C)(C)C)[C@@H](CO[Si](C)(C)C(C)(C)C)N(CC(=O)/C=C/C)C(=O)OC(C)(C)C. The number of amides is 1. The van der Waals surface area contributed by atoms with Crippen molar-refractivity contribution in [2.45, 2.75) is 124 Å². The van der Waals surface area contributed by atoms with Crippen LogP contribution >= 0.6 is 0 Å². The van der Waals surface area contributed by atoms with E-state index in [1.807, 2.05) is 20.8 Å². The van der Waals surface area contributed by atoms with Crippen LogP contribution in [0.15, 0.2) is 24.3 Å². The van der Waals surface area contributed by atoms with Crippen molar-refractivity contribution >= 4 is 28.5 Å². The smallest absolute Gasteiger partial charge is 0.411 e. The molecular weight excluding hydrogens is 486 g/mol. The minimum Gasteiger partial charge on any atom is -0.444 e. The van der Waals surface area contributed by atoms with Gasteiger partial charge in [-0.2, -0.15) is 0 Å². The summed E-state index contributed by atoms with van der Waals surface area (Å²) in [6.07, 6.45) is 3.18. The Morgan fingerprint density at radius 2 is 1.36 bits per heavy atom. The van der Waals surface area contributed by atoms with Gasteiger partial charge in [0.1, 0.15) is 5.60 Å². The summed E-state index contributed by atoms with van der Waals surface area (Å²) in [5, 5.41) is 0.0997. The van der Waals surface area contributed by atoms with E-state index in [4.69, 9.17) is 13.6 Å². The highest BCUT2D eigenvalue weighted by atomic mass is 28.4. The molecule has 0 aliphatic carbocycles. The fourth-order valence-corrected chi connectivity index (χ4v) is 4.83. The molecule has 0 N–H and O–H groups in total. The van der Waals surface area contributed by atoms with Crippen molar-refractivity contribution in [2.75, 3.05) is 19.8 Å². The number of hydrogen-bond donors (Lipinski definition) is 0. The van der Waals surface area contributed by atoms with Gasteiger partial charge in [0.15, 0.2) is 22.4 Å². The van der Waals surface area contributed by atoms with Gasteiger partial charge in [-0.05, 0) is 76.5 Å². The lowest BCUT2D eigenvalue weighted by atomic mass is 10.0. The minimum atomic E-state index is -2.13. The Labute approximate surface area is 224 Å². The summed E-state index contributed by atoms with van der Waals surface area (Å²) in [6, 6.07) is -0.508. The largest absolute Gasteiger partial charge is 0.444 e. The molecule has 0 aliphatic rings. The third-order valence-corrected chi connectivity index (χ3v) is 16.3. The highest BCUT2D eigenvalue weighted by Crippen LogP contribution is 2.38. The average molecular weight is 542 g/mol. The zero-order chi connectivity index (χ0) is 28.8. The van der Waals surface area contributed by atoms with Crippen molar-refractivity contribution < 1.29 is 23.2 Å². The van der Waals surface area contributed by atoms with Gasteiger partial charge >= 0.3 is 6.09 Å². The molecule has 36 heavy (non-hydrogen) atoms. The molecule has 0 saturated carbocycles. The Hall–Kier alpha value is -1.23. The van der Waals surface area contributed by atoms with Crippen molar-refractivity contribution in [3.63, 3.8) is 0 Å². The van der Waals surface area contributed by atoms with Gasteiger partial charge in [0.2, 0.25) is 0 Å². The van der Waals surface area contributed by atoms with Crippen LogP contribution in [0.25, 0.3) is 0 Å². The molecular formula is C28H55NO5Si2. The van der Waals surface area contributed by atoms with Crippen molar-refractivity contribution in [1.29, 1.82) is 0 Å². The van der Waals surface area contributed by atoms with E-state index in [1.54, 1.807) is 13.0 Å². The quantitative estimate of drug-likeness (QED) is 0.144. The monoisotopic (exact) mass is 541 g/mol. The summed E-state index contributed by atoms with van der Waals surface area (Å²) in [7, 11) is -4.06. The maximum Gasteiger partial charge on any atom is 0.411 e. The van der Waals surface area contributed by atoms with Crippen LogP contribution in [0.1, 0.15) is 75.7 Å². The normalized spacial score (nSPS) is 14.6.